The topological polar surface area (TPSA) is 26.0 Å². The molecule has 0 amide bonds. The Balaban J connectivity index is 2.30. The summed E-state index contributed by atoms with van der Waals surface area (Å²) < 4.78 is 0. The van der Waals surface area contributed by atoms with Crippen molar-refractivity contribution in [3.8, 4) is 0 Å². The van der Waals surface area contributed by atoms with Crippen LogP contribution in [-0.4, -0.2) is 6.04 Å². The fourth-order valence-corrected chi connectivity index (χ4v) is 3.68. The van der Waals surface area contributed by atoms with Crippen molar-refractivity contribution in [2.24, 2.45) is 11.7 Å². The molecule has 0 radical (unpaired) electrons. The molecular weight excluding hydrogens is 230 g/mol. The second-order valence-electron chi connectivity index (χ2n) is 6.82. The second-order valence-corrected chi connectivity index (χ2v) is 6.82. The lowest BCUT2D eigenvalue weighted by Crippen LogP contribution is -2.47. The average molecular weight is 259 g/mol. The summed E-state index contributed by atoms with van der Waals surface area (Å²) in [5.41, 5.74) is 9.70. The largest absolute Gasteiger partial charge is 0.327 e. The van der Waals surface area contributed by atoms with E-state index in [1.54, 1.807) is 0 Å². The fraction of sp³-hybridized carbons (Fsp3) is 0.667. The van der Waals surface area contributed by atoms with Gasteiger partial charge in [-0.1, -0.05) is 62.9 Å². The molecule has 1 atom stereocenters. The Morgan fingerprint density at radius 3 is 2.16 bits per heavy atom. The average Bonchev–Trinajstić information content (AvgIpc) is 2.39. The molecule has 0 heterocycles. The molecule has 2 rings (SSSR count). The van der Waals surface area contributed by atoms with Crippen molar-refractivity contribution < 1.29 is 0 Å². The molecule has 0 bridgehead atoms. The molecule has 0 spiro atoms. The monoisotopic (exact) mass is 259 g/mol. The molecule has 19 heavy (non-hydrogen) atoms. The Bertz CT molecular complexity index is 385. The summed E-state index contributed by atoms with van der Waals surface area (Å²) in [6.07, 6.45) is 7.71. The predicted octanol–water partition coefficient (Wildman–Crippen LogP) is 4.57. The smallest absolute Gasteiger partial charge is 0.0139 e. The van der Waals surface area contributed by atoms with E-state index >= 15 is 0 Å². The van der Waals surface area contributed by atoms with Gasteiger partial charge in [-0.05, 0) is 37.7 Å². The van der Waals surface area contributed by atoms with Crippen LogP contribution in [0.15, 0.2) is 24.3 Å². The molecule has 1 aromatic carbocycles. The number of benzene rings is 1. The maximum absolute atomic E-state index is 6.65. The molecule has 0 aromatic heterocycles. The SMILES string of the molecule is Cc1ccc(C2(C(N)CC(C)C)CCCCC2)cc1. The Kier molecular flexibility index (Phi) is 4.67. The third-order valence-corrected chi connectivity index (χ3v) is 4.81. The highest BCUT2D eigenvalue weighted by Gasteiger charge is 2.39. The maximum atomic E-state index is 6.65. The van der Waals surface area contributed by atoms with Gasteiger partial charge in [0.2, 0.25) is 0 Å². The van der Waals surface area contributed by atoms with Crippen molar-refractivity contribution in [2.45, 2.75) is 70.8 Å². The van der Waals surface area contributed by atoms with Crippen LogP contribution in [0.2, 0.25) is 0 Å². The van der Waals surface area contributed by atoms with Gasteiger partial charge < -0.3 is 5.73 Å². The summed E-state index contributed by atoms with van der Waals surface area (Å²) in [6, 6.07) is 9.43. The van der Waals surface area contributed by atoms with E-state index in [-0.39, 0.29) is 5.41 Å². The van der Waals surface area contributed by atoms with Crippen LogP contribution in [0.25, 0.3) is 0 Å². The van der Waals surface area contributed by atoms with Crippen molar-refractivity contribution in [3.63, 3.8) is 0 Å². The maximum Gasteiger partial charge on any atom is 0.0139 e. The highest BCUT2D eigenvalue weighted by molar-refractivity contribution is 5.31. The second kappa shape index (κ2) is 6.09. The highest BCUT2D eigenvalue weighted by atomic mass is 14.7. The van der Waals surface area contributed by atoms with Gasteiger partial charge in [0.1, 0.15) is 0 Å². The van der Waals surface area contributed by atoms with Crippen molar-refractivity contribution in [3.05, 3.63) is 35.4 Å². The molecule has 1 saturated carbocycles. The number of rotatable bonds is 4. The van der Waals surface area contributed by atoms with E-state index in [1.807, 2.05) is 0 Å². The first-order chi connectivity index (χ1) is 9.04. The first-order valence-corrected chi connectivity index (χ1v) is 7.87. The van der Waals surface area contributed by atoms with Gasteiger partial charge in [0, 0.05) is 11.5 Å². The minimum Gasteiger partial charge on any atom is -0.327 e. The van der Waals surface area contributed by atoms with E-state index in [2.05, 4.69) is 45.0 Å². The molecule has 2 N–H and O–H groups in total. The zero-order valence-electron chi connectivity index (χ0n) is 12.8. The lowest BCUT2D eigenvalue weighted by Gasteiger charge is -2.43. The Labute approximate surface area is 118 Å². The van der Waals surface area contributed by atoms with Crippen LogP contribution in [0.5, 0.6) is 0 Å². The predicted molar refractivity (Wildman–Crippen MR) is 83.4 cm³/mol. The molecule has 0 aliphatic heterocycles. The van der Waals surface area contributed by atoms with Gasteiger partial charge in [-0.2, -0.15) is 0 Å². The van der Waals surface area contributed by atoms with Crippen molar-refractivity contribution in [2.75, 3.05) is 0 Å². The Hall–Kier alpha value is -0.820. The quantitative estimate of drug-likeness (QED) is 0.842. The Morgan fingerprint density at radius 1 is 1.05 bits per heavy atom. The molecule has 1 nitrogen and oxygen atoms in total. The van der Waals surface area contributed by atoms with Gasteiger partial charge in [-0.3, -0.25) is 0 Å². The molecular formula is C18H29N. The molecule has 106 valence electrons. The number of nitrogens with two attached hydrogens (primary N) is 1. The normalized spacial score (nSPS) is 20.5. The van der Waals surface area contributed by atoms with Crippen LogP contribution in [0.3, 0.4) is 0 Å². The summed E-state index contributed by atoms with van der Waals surface area (Å²) in [5.74, 6) is 0.680. The van der Waals surface area contributed by atoms with Gasteiger partial charge in [-0.15, -0.1) is 0 Å². The van der Waals surface area contributed by atoms with Crippen molar-refractivity contribution >= 4 is 0 Å². The number of hydrogen-bond donors (Lipinski definition) is 1. The number of aryl methyl sites for hydroxylation is 1. The summed E-state index contributed by atoms with van der Waals surface area (Å²) in [6.45, 7) is 6.72. The fourth-order valence-electron chi connectivity index (χ4n) is 3.68. The summed E-state index contributed by atoms with van der Waals surface area (Å²) >= 11 is 0. The third-order valence-electron chi connectivity index (χ3n) is 4.81. The summed E-state index contributed by atoms with van der Waals surface area (Å²) in [7, 11) is 0. The molecule has 1 unspecified atom stereocenters. The molecule has 0 saturated heterocycles. The minimum atomic E-state index is 0.232. The first-order valence-electron chi connectivity index (χ1n) is 7.87. The van der Waals surface area contributed by atoms with Crippen LogP contribution < -0.4 is 5.73 Å². The standard InChI is InChI=1S/C18H29N/c1-14(2)13-17(19)18(11-5-4-6-12-18)16-9-7-15(3)8-10-16/h7-10,14,17H,4-6,11-13,19H2,1-3H3. The van der Waals surface area contributed by atoms with Crippen LogP contribution in [0, 0.1) is 12.8 Å². The molecule has 1 fully saturated rings. The number of hydrogen-bond acceptors (Lipinski definition) is 1. The van der Waals surface area contributed by atoms with E-state index in [0.29, 0.717) is 12.0 Å². The highest BCUT2D eigenvalue weighted by Crippen LogP contribution is 2.43. The van der Waals surface area contributed by atoms with E-state index in [4.69, 9.17) is 5.73 Å². The van der Waals surface area contributed by atoms with Crippen molar-refractivity contribution in [1.29, 1.82) is 0 Å². The van der Waals surface area contributed by atoms with Crippen molar-refractivity contribution in [1.82, 2.24) is 0 Å². The van der Waals surface area contributed by atoms with E-state index in [0.717, 1.165) is 6.42 Å². The van der Waals surface area contributed by atoms with E-state index in [1.165, 1.54) is 43.2 Å². The van der Waals surface area contributed by atoms with Gasteiger partial charge in [0.25, 0.3) is 0 Å². The molecule has 1 aliphatic carbocycles. The Morgan fingerprint density at radius 2 is 1.63 bits per heavy atom. The molecule has 1 heteroatoms. The lowest BCUT2D eigenvalue weighted by atomic mass is 9.63. The van der Waals surface area contributed by atoms with Gasteiger partial charge in [0.15, 0.2) is 0 Å². The first kappa shape index (κ1) is 14.6. The van der Waals surface area contributed by atoms with E-state index < -0.39 is 0 Å². The van der Waals surface area contributed by atoms with E-state index in [9.17, 15) is 0 Å². The molecule has 1 aliphatic rings. The van der Waals surface area contributed by atoms with Gasteiger partial charge >= 0.3 is 0 Å². The van der Waals surface area contributed by atoms with Gasteiger partial charge in [0.05, 0.1) is 0 Å². The van der Waals surface area contributed by atoms with Gasteiger partial charge in [-0.25, -0.2) is 0 Å². The molecule has 1 aromatic rings. The lowest BCUT2D eigenvalue weighted by molar-refractivity contribution is 0.221. The third kappa shape index (κ3) is 3.20. The minimum absolute atomic E-state index is 0.232. The zero-order valence-corrected chi connectivity index (χ0v) is 12.8. The van der Waals surface area contributed by atoms with Crippen LogP contribution in [0.1, 0.15) is 63.5 Å². The van der Waals surface area contributed by atoms with Crippen LogP contribution in [0.4, 0.5) is 0 Å². The zero-order chi connectivity index (χ0) is 13.9. The van der Waals surface area contributed by atoms with Crippen LogP contribution in [-0.2, 0) is 5.41 Å². The summed E-state index contributed by atoms with van der Waals surface area (Å²) in [5, 5.41) is 0. The van der Waals surface area contributed by atoms with Crippen LogP contribution >= 0.6 is 0 Å². The summed E-state index contributed by atoms with van der Waals surface area (Å²) in [4.78, 5) is 0.